The van der Waals surface area contributed by atoms with Crippen LogP contribution in [0, 0.1) is 20.8 Å². The van der Waals surface area contributed by atoms with E-state index >= 15 is 0 Å². The number of aromatic nitrogens is 1. The van der Waals surface area contributed by atoms with Crippen molar-refractivity contribution in [3.05, 3.63) is 70.5 Å². The molecule has 3 heterocycles. The van der Waals surface area contributed by atoms with Gasteiger partial charge in [-0.1, -0.05) is 11.2 Å². The summed E-state index contributed by atoms with van der Waals surface area (Å²) in [5.74, 6) is 1.44. The molecule has 0 spiro atoms. The Kier molecular flexibility index (Phi) is 6.30. The Morgan fingerprint density at radius 3 is 2.62 bits per heavy atom. The van der Waals surface area contributed by atoms with Gasteiger partial charge in [-0.25, -0.2) is 0 Å². The predicted molar refractivity (Wildman–Crippen MR) is 117 cm³/mol. The van der Waals surface area contributed by atoms with Crippen LogP contribution in [0.1, 0.15) is 56.3 Å². The molecule has 0 atom stereocenters. The number of carbonyl (C=O) groups is 2. The zero-order valence-electron chi connectivity index (χ0n) is 18.5. The molecule has 0 radical (unpaired) electrons. The number of piperidine rings is 1. The molecule has 1 fully saturated rings. The number of ether oxygens (including phenoxy) is 1. The second kappa shape index (κ2) is 9.30. The SMILES string of the molecule is Cc1ccoc1C(=O)NC1CCN(C(=O)c2cccc(OCc3c(C)noc3C)c2)CC1. The van der Waals surface area contributed by atoms with E-state index in [1.54, 1.807) is 18.2 Å². The van der Waals surface area contributed by atoms with E-state index in [2.05, 4.69) is 10.5 Å². The molecule has 2 amide bonds. The lowest BCUT2D eigenvalue weighted by molar-refractivity contribution is 0.0695. The molecule has 1 aliphatic heterocycles. The minimum absolute atomic E-state index is 0.0146. The molecule has 3 aromatic rings. The minimum atomic E-state index is -0.208. The summed E-state index contributed by atoms with van der Waals surface area (Å²) >= 11 is 0. The first-order chi connectivity index (χ1) is 15.4. The molecule has 1 aromatic carbocycles. The molecule has 1 saturated heterocycles. The third-order valence-electron chi connectivity index (χ3n) is 5.83. The monoisotopic (exact) mass is 437 g/mol. The minimum Gasteiger partial charge on any atom is -0.489 e. The van der Waals surface area contributed by atoms with Gasteiger partial charge in [-0.3, -0.25) is 9.59 Å². The summed E-state index contributed by atoms with van der Waals surface area (Å²) in [4.78, 5) is 27.2. The number of hydrogen-bond acceptors (Lipinski definition) is 6. The topological polar surface area (TPSA) is 97.8 Å². The Labute approximate surface area is 186 Å². The molecule has 0 unspecified atom stereocenters. The maximum Gasteiger partial charge on any atom is 0.287 e. The number of nitrogens with one attached hydrogen (secondary N) is 1. The average molecular weight is 437 g/mol. The number of carbonyl (C=O) groups excluding carboxylic acids is 2. The van der Waals surface area contributed by atoms with Gasteiger partial charge >= 0.3 is 0 Å². The van der Waals surface area contributed by atoms with Crippen LogP contribution < -0.4 is 10.1 Å². The van der Waals surface area contributed by atoms with E-state index in [0.29, 0.717) is 49.6 Å². The van der Waals surface area contributed by atoms with Crippen molar-refractivity contribution in [1.29, 1.82) is 0 Å². The Bertz CT molecular complexity index is 1090. The van der Waals surface area contributed by atoms with Crippen molar-refractivity contribution >= 4 is 11.8 Å². The predicted octanol–water partition coefficient (Wildman–Crippen LogP) is 3.81. The largest absolute Gasteiger partial charge is 0.489 e. The van der Waals surface area contributed by atoms with E-state index in [0.717, 1.165) is 22.6 Å². The van der Waals surface area contributed by atoms with Crippen LogP contribution >= 0.6 is 0 Å². The third kappa shape index (κ3) is 4.69. The summed E-state index contributed by atoms with van der Waals surface area (Å²) in [5.41, 5.74) is 3.10. The second-order valence-corrected chi connectivity index (χ2v) is 8.09. The second-order valence-electron chi connectivity index (χ2n) is 8.09. The first kappa shape index (κ1) is 21.7. The fourth-order valence-electron chi connectivity index (χ4n) is 3.85. The standard InChI is InChI=1S/C24H27N3O5/c1-15-9-12-30-22(15)23(28)25-19-7-10-27(11-8-19)24(29)18-5-4-6-20(13-18)31-14-21-16(2)26-32-17(21)3/h4-6,9,12-13,19H,7-8,10-11,14H2,1-3H3,(H,25,28). The number of nitrogens with zero attached hydrogens (tertiary/aromatic N) is 2. The number of hydrogen-bond donors (Lipinski definition) is 1. The molecule has 0 aliphatic carbocycles. The van der Waals surface area contributed by atoms with Gasteiger partial charge in [0, 0.05) is 30.3 Å². The van der Waals surface area contributed by atoms with Gasteiger partial charge in [-0.05, 0) is 57.9 Å². The maximum atomic E-state index is 13.0. The quantitative estimate of drug-likeness (QED) is 0.630. The fourth-order valence-corrected chi connectivity index (χ4v) is 3.85. The number of benzene rings is 1. The molecule has 2 aromatic heterocycles. The Hall–Kier alpha value is -3.55. The van der Waals surface area contributed by atoms with Gasteiger partial charge < -0.3 is 23.9 Å². The van der Waals surface area contributed by atoms with Crippen molar-refractivity contribution in [3.8, 4) is 5.75 Å². The van der Waals surface area contributed by atoms with Crippen molar-refractivity contribution < 1.29 is 23.3 Å². The Morgan fingerprint density at radius 1 is 1.19 bits per heavy atom. The van der Waals surface area contributed by atoms with Gasteiger partial charge in [-0.15, -0.1) is 0 Å². The smallest absolute Gasteiger partial charge is 0.287 e. The summed E-state index contributed by atoms with van der Waals surface area (Å²) in [7, 11) is 0. The molecule has 1 N–H and O–H groups in total. The van der Waals surface area contributed by atoms with Crippen LogP contribution in [0.3, 0.4) is 0 Å². The highest BCUT2D eigenvalue weighted by Gasteiger charge is 2.26. The third-order valence-corrected chi connectivity index (χ3v) is 5.83. The van der Waals surface area contributed by atoms with E-state index < -0.39 is 0 Å². The van der Waals surface area contributed by atoms with Gasteiger partial charge in [0.1, 0.15) is 18.1 Å². The molecule has 8 heteroatoms. The van der Waals surface area contributed by atoms with Crippen LogP contribution in [0.4, 0.5) is 0 Å². The molecule has 0 saturated carbocycles. The summed E-state index contributed by atoms with van der Waals surface area (Å²) in [6.45, 7) is 7.04. The van der Waals surface area contributed by atoms with E-state index in [9.17, 15) is 9.59 Å². The maximum absolute atomic E-state index is 13.0. The van der Waals surface area contributed by atoms with E-state index in [1.807, 2.05) is 37.8 Å². The van der Waals surface area contributed by atoms with Crippen molar-refractivity contribution in [3.63, 3.8) is 0 Å². The van der Waals surface area contributed by atoms with Crippen LogP contribution in [-0.2, 0) is 6.61 Å². The van der Waals surface area contributed by atoms with Crippen molar-refractivity contribution in [1.82, 2.24) is 15.4 Å². The van der Waals surface area contributed by atoms with Crippen molar-refractivity contribution in [2.75, 3.05) is 13.1 Å². The van der Waals surface area contributed by atoms with Crippen molar-refractivity contribution in [2.45, 2.75) is 46.3 Å². The first-order valence-electron chi connectivity index (χ1n) is 10.7. The molecule has 0 bridgehead atoms. The summed E-state index contributed by atoms with van der Waals surface area (Å²) in [6.07, 6.45) is 2.90. The van der Waals surface area contributed by atoms with Gasteiger partial charge in [0.25, 0.3) is 11.8 Å². The lowest BCUT2D eigenvalue weighted by Gasteiger charge is -2.32. The summed E-state index contributed by atoms with van der Waals surface area (Å²) in [6, 6.07) is 8.97. The van der Waals surface area contributed by atoms with Gasteiger partial charge in [0.05, 0.1) is 17.5 Å². The van der Waals surface area contributed by atoms with Crippen LogP contribution in [-0.4, -0.2) is 41.0 Å². The Balaban J connectivity index is 1.32. The zero-order valence-corrected chi connectivity index (χ0v) is 18.5. The first-order valence-corrected chi connectivity index (χ1v) is 10.7. The number of rotatable bonds is 6. The van der Waals surface area contributed by atoms with Crippen molar-refractivity contribution in [2.24, 2.45) is 0 Å². The van der Waals surface area contributed by atoms with E-state index in [4.69, 9.17) is 13.7 Å². The molecule has 4 rings (SSSR count). The van der Waals surface area contributed by atoms with Gasteiger partial charge in [0.15, 0.2) is 5.76 Å². The number of aryl methyl sites for hydroxylation is 3. The number of furan rings is 1. The van der Waals surface area contributed by atoms with Crippen LogP contribution in [0.5, 0.6) is 5.75 Å². The average Bonchev–Trinajstić information content (AvgIpc) is 3.37. The highest BCUT2D eigenvalue weighted by molar-refractivity contribution is 5.95. The lowest BCUT2D eigenvalue weighted by atomic mass is 10.0. The summed E-state index contributed by atoms with van der Waals surface area (Å²) in [5, 5.41) is 6.94. The molecular weight excluding hydrogens is 410 g/mol. The highest BCUT2D eigenvalue weighted by Crippen LogP contribution is 2.21. The lowest BCUT2D eigenvalue weighted by Crippen LogP contribution is -2.46. The van der Waals surface area contributed by atoms with E-state index in [-0.39, 0.29) is 17.9 Å². The molecule has 1 aliphatic rings. The van der Waals surface area contributed by atoms with Gasteiger partial charge in [0.2, 0.25) is 0 Å². The van der Waals surface area contributed by atoms with Crippen LogP contribution in [0.25, 0.3) is 0 Å². The summed E-state index contributed by atoms with van der Waals surface area (Å²) < 4.78 is 16.3. The molecule has 32 heavy (non-hydrogen) atoms. The molecule has 168 valence electrons. The Morgan fingerprint density at radius 2 is 1.97 bits per heavy atom. The van der Waals surface area contributed by atoms with E-state index in [1.165, 1.54) is 6.26 Å². The molecule has 8 nitrogen and oxygen atoms in total. The van der Waals surface area contributed by atoms with Gasteiger partial charge in [-0.2, -0.15) is 0 Å². The fraction of sp³-hybridized carbons (Fsp3) is 0.375. The van der Waals surface area contributed by atoms with Crippen LogP contribution in [0.2, 0.25) is 0 Å². The number of amides is 2. The highest BCUT2D eigenvalue weighted by atomic mass is 16.5. The zero-order chi connectivity index (χ0) is 22.7. The normalized spacial score (nSPS) is 14.4. The molecular formula is C24H27N3O5. The van der Waals surface area contributed by atoms with Crippen LogP contribution in [0.15, 0.2) is 45.5 Å². The number of likely N-dealkylation sites (tertiary alicyclic amines) is 1.